The van der Waals surface area contributed by atoms with E-state index in [-0.39, 0.29) is 12.4 Å². The highest BCUT2D eigenvalue weighted by molar-refractivity contribution is 5.85. The number of fused-ring (bicyclic) bond motifs is 2. The smallest absolute Gasteiger partial charge is 0.00990 e. The van der Waals surface area contributed by atoms with E-state index in [1.54, 1.807) is 0 Å². The van der Waals surface area contributed by atoms with Crippen LogP contribution in [0.25, 0.3) is 0 Å². The third-order valence-electron chi connectivity index (χ3n) is 4.87. The Balaban J connectivity index is 0.000000963. The number of piperidine rings is 1. The average Bonchev–Trinajstić information content (AvgIpc) is 2.71. The molecule has 3 atom stereocenters. The molecule has 1 N–H and O–H groups in total. The van der Waals surface area contributed by atoms with Gasteiger partial charge in [0.25, 0.3) is 0 Å². The first-order valence-electron chi connectivity index (χ1n) is 6.73. The summed E-state index contributed by atoms with van der Waals surface area (Å²) in [5.74, 6) is 0. The minimum atomic E-state index is 0. The fraction of sp³-hybridized carbons (Fsp3) is 1.00. The molecule has 0 radical (unpaired) electrons. The molecule has 3 rings (SSSR count). The Hall–Kier alpha value is 0.210. The van der Waals surface area contributed by atoms with E-state index in [0.717, 1.165) is 12.1 Å². The Morgan fingerprint density at radius 1 is 1.19 bits per heavy atom. The van der Waals surface area contributed by atoms with E-state index >= 15 is 0 Å². The zero-order valence-electron chi connectivity index (χ0n) is 10.4. The third-order valence-corrected chi connectivity index (χ3v) is 4.87. The maximum atomic E-state index is 3.53. The number of hydrogen-bond donors (Lipinski definition) is 1. The van der Waals surface area contributed by atoms with Gasteiger partial charge in [0.2, 0.25) is 0 Å². The lowest BCUT2D eigenvalue weighted by Gasteiger charge is -2.40. The van der Waals surface area contributed by atoms with Gasteiger partial charge in [-0.15, -0.1) is 12.4 Å². The summed E-state index contributed by atoms with van der Waals surface area (Å²) >= 11 is 0. The number of halogens is 1. The van der Waals surface area contributed by atoms with E-state index in [1.165, 1.54) is 58.2 Å². The molecule has 0 aromatic rings. The molecule has 3 heteroatoms. The Morgan fingerprint density at radius 2 is 1.88 bits per heavy atom. The fourth-order valence-electron chi connectivity index (χ4n) is 3.93. The van der Waals surface area contributed by atoms with Gasteiger partial charge in [0.1, 0.15) is 0 Å². The Labute approximate surface area is 106 Å². The van der Waals surface area contributed by atoms with Crippen LogP contribution in [0.4, 0.5) is 0 Å². The third kappa shape index (κ3) is 2.25. The van der Waals surface area contributed by atoms with Crippen molar-refractivity contribution >= 4 is 12.4 Å². The summed E-state index contributed by atoms with van der Waals surface area (Å²) in [6.07, 6.45) is 8.77. The van der Waals surface area contributed by atoms with Crippen molar-refractivity contribution in [3.63, 3.8) is 0 Å². The van der Waals surface area contributed by atoms with Crippen LogP contribution in [-0.4, -0.2) is 36.6 Å². The summed E-state index contributed by atoms with van der Waals surface area (Å²) < 4.78 is 0. The molecule has 3 fully saturated rings. The maximum absolute atomic E-state index is 3.53. The van der Waals surface area contributed by atoms with Gasteiger partial charge in [-0.25, -0.2) is 0 Å². The van der Waals surface area contributed by atoms with Crippen molar-refractivity contribution in [2.24, 2.45) is 5.41 Å². The van der Waals surface area contributed by atoms with E-state index < -0.39 is 0 Å². The lowest BCUT2D eigenvalue weighted by molar-refractivity contribution is 0.0893. The topological polar surface area (TPSA) is 15.3 Å². The van der Waals surface area contributed by atoms with Crippen molar-refractivity contribution in [3.8, 4) is 0 Å². The van der Waals surface area contributed by atoms with Crippen molar-refractivity contribution in [3.05, 3.63) is 0 Å². The zero-order chi connectivity index (χ0) is 10.3. The fourth-order valence-corrected chi connectivity index (χ4v) is 3.93. The summed E-state index contributed by atoms with van der Waals surface area (Å²) in [7, 11) is 0. The molecule has 94 valence electrons. The van der Waals surface area contributed by atoms with E-state index in [0.29, 0.717) is 5.41 Å². The van der Waals surface area contributed by atoms with Gasteiger partial charge < -0.3 is 5.32 Å². The number of nitrogens with zero attached hydrogens (tertiary/aromatic N) is 1. The molecule has 3 aliphatic rings. The largest absolute Gasteiger partial charge is 0.316 e. The van der Waals surface area contributed by atoms with Crippen molar-refractivity contribution < 1.29 is 0 Å². The minimum absolute atomic E-state index is 0. The first kappa shape index (κ1) is 12.7. The normalized spacial score (nSPS) is 43.3. The van der Waals surface area contributed by atoms with Gasteiger partial charge in [0.15, 0.2) is 0 Å². The number of hydrogen-bond acceptors (Lipinski definition) is 2. The van der Waals surface area contributed by atoms with E-state index in [1.807, 2.05) is 0 Å². The average molecular weight is 245 g/mol. The number of rotatable bonds is 2. The highest BCUT2D eigenvalue weighted by Gasteiger charge is 2.40. The molecule has 16 heavy (non-hydrogen) atoms. The van der Waals surface area contributed by atoms with Gasteiger partial charge >= 0.3 is 0 Å². The summed E-state index contributed by atoms with van der Waals surface area (Å²) in [4.78, 5) is 2.86. The lowest BCUT2D eigenvalue weighted by atomic mass is 9.87. The second-order valence-corrected chi connectivity index (χ2v) is 6.23. The molecule has 0 aliphatic carbocycles. The van der Waals surface area contributed by atoms with Crippen molar-refractivity contribution in [1.29, 1.82) is 0 Å². The van der Waals surface area contributed by atoms with Crippen LogP contribution in [0, 0.1) is 5.41 Å². The minimum Gasteiger partial charge on any atom is -0.316 e. The van der Waals surface area contributed by atoms with Crippen LogP contribution in [0.3, 0.4) is 0 Å². The molecule has 3 unspecified atom stereocenters. The second-order valence-electron chi connectivity index (χ2n) is 6.23. The molecule has 0 aromatic carbocycles. The Kier molecular flexibility index (Phi) is 3.82. The highest BCUT2D eigenvalue weighted by atomic mass is 35.5. The van der Waals surface area contributed by atoms with Gasteiger partial charge in [-0.05, 0) is 44.1 Å². The lowest BCUT2D eigenvalue weighted by Crippen LogP contribution is -2.46. The van der Waals surface area contributed by atoms with Crippen LogP contribution in [-0.2, 0) is 0 Å². The molecular formula is C13H25ClN2. The molecule has 0 amide bonds. The van der Waals surface area contributed by atoms with Crippen molar-refractivity contribution in [2.75, 3.05) is 19.6 Å². The molecule has 0 spiro atoms. The summed E-state index contributed by atoms with van der Waals surface area (Å²) in [5, 5.41) is 3.53. The second kappa shape index (κ2) is 4.83. The van der Waals surface area contributed by atoms with E-state index in [4.69, 9.17) is 0 Å². The van der Waals surface area contributed by atoms with Crippen LogP contribution in [0.1, 0.15) is 45.4 Å². The molecule has 0 aromatic heterocycles. The monoisotopic (exact) mass is 244 g/mol. The highest BCUT2D eigenvalue weighted by Crippen LogP contribution is 2.38. The van der Waals surface area contributed by atoms with Crippen LogP contribution < -0.4 is 5.32 Å². The predicted molar refractivity (Wildman–Crippen MR) is 70.2 cm³/mol. The molecule has 2 nitrogen and oxygen atoms in total. The Morgan fingerprint density at radius 3 is 2.44 bits per heavy atom. The van der Waals surface area contributed by atoms with Crippen LogP contribution >= 0.6 is 12.4 Å². The van der Waals surface area contributed by atoms with Crippen LogP contribution in [0.15, 0.2) is 0 Å². The molecule has 0 saturated carbocycles. The quantitative estimate of drug-likeness (QED) is 0.803. The maximum Gasteiger partial charge on any atom is 0.00990 e. The van der Waals surface area contributed by atoms with Crippen LogP contribution in [0.2, 0.25) is 0 Å². The first-order valence-corrected chi connectivity index (χ1v) is 6.73. The van der Waals surface area contributed by atoms with E-state index in [9.17, 15) is 0 Å². The summed E-state index contributed by atoms with van der Waals surface area (Å²) in [5.41, 5.74) is 0.568. The molecule has 3 heterocycles. The molecular weight excluding hydrogens is 220 g/mol. The van der Waals surface area contributed by atoms with Gasteiger partial charge in [-0.2, -0.15) is 0 Å². The SMILES string of the molecule is CC1(CN2C3CCCC2CC3)CCNC1.Cl. The van der Waals surface area contributed by atoms with Crippen molar-refractivity contribution in [2.45, 2.75) is 57.5 Å². The van der Waals surface area contributed by atoms with Gasteiger partial charge in [0, 0.05) is 25.2 Å². The van der Waals surface area contributed by atoms with Crippen molar-refractivity contribution in [1.82, 2.24) is 10.2 Å². The summed E-state index contributed by atoms with van der Waals surface area (Å²) in [6.45, 7) is 6.30. The van der Waals surface area contributed by atoms with Gasteiger partial charge in [-0.3, -0.25) is 4.90 Å². The number of nitrogens with one attached hydrogen (secondary N) is 1. The summed E-state index contributed by atoms with van der Waals surface area (Å²) in [6, 6.07) is 1.89. The van der Waals surface area contributed by atoms with Gasteiger partial charge in [-0.1, -0.05) is 13.3 Å². The zero-order valence-corrected chi connectivity index (χ0v) is 11.2. The first-order chi connectivity index (χ1) is 7.27. The standard InChI is InChI=1S/C13H24N2.ClH/c1-13(7-8-14-9-13)10-15-11-3-2-4-12(15)6-5-11;/h11-12,14H,2-10H2,1H3;1H. The van der Waals surface area contributed by atoms with Gasteiger partial charge in [0.05, 0.1) is 0 Å². The molecule has 3 saturated heterocycles. The van der Waals surface area contributed by atoms with E-state index in [2.05, 4.69) is 17.1 Å². The molecule has 3 aliphatic heterocycles. The molecule has 2 bridgehead atoms. The predicted octanol–water partition coefficient (Wildman–Crippen LogP) is 2.42. The Bertz CT molecular complexity index is 222. The van der Waals surface area contributed by atoms with Crippen LogP contribution in [0.5, 0.6) is 0 Å².